The second-order valence-electron chi connectivity index (χ2n) is 3.61. The molecule has 0 unspecified atom stereocenters. The van der Waals surface area contributed by atoms with E-state index in [4.69, 9.17) is 0 Å². The standard InChI is InChI=1S/C10H8BrN3O/c11-8-4-6-7(5-12-8)14-3-1-2-9(14)13-10(6)15/h4-5H,1-3H2. The van der Waals surface area contributed by atoms with Crippen molar-refractivity contribution in [1.82, 2.24) is 14.5 Å². The van der Waals surface area contributed by atoms with Crippen LogP contribution in [-0.4, -0.2) is 14.5 Å². The lowest BCUT2D eigenvalue weighted by Crippen LogP contribution is -2.14. The van der Waals surface area contributed by atoms with E-state index in [2.05, 4.69) is 30.5 Å². The van der Waals surface area contributed by atoms with Crippen LogP contribution in [0.3, 0.4) is 0 Å². The number of fused-ring (bicyclic) bond motifs is 3. The van der Waals surface area contributed by atoms with Gasteiger partial charge in [-0.05, 0) is 28.4 Å². The van der Waals surface area contributed by atoms with Crippen molar-refractivity contribution in [2.24, 2.45) is 0 Å². The molecule has 3 rings (SSSR count). The minimum absolute atomic E-state index is 0.152. The van der Waals surface area contributed by atoms with Gasteiger partial charge in [0.1, 0.15) is 10.4 Å². The van der Waals surface area contributed by atoms with E-state index < -0.39 is 0 Å². The maximum atomic E-state index is 11.7. The Morgan fingerprint density at radius 2 is 2.33 bits per heavy atom. The zero-order valence-electron chi connectivity index (χ0n) is 7.90. The first-order valence-electron chi connectivity index (χ1n) is 4.81. The Hall–Kier alpha value is -1.23. The summed E-state index contributed by atoms with van der Waals surface area (Å²) in [6.45, 7) is 0.933. The van der Waals surface area contributed by atoms with Crippen LogP contribution >= 0.6 is 15.9 Å². The second-order valence-corrected chi connectivity index (χ2v) is 4.43. The van der Waals surface area contributed by atoms with Gasteiger partial charge in [0.2, 0.25) is 0 Å². The number of nitrogens with zero attached hydrogens (tertiary/aromatic N) is 3. The molecule has 5 heteroatoms. The molecule has 0 radical (unpaired) electrons. The van der Waals surface area contributed by atoms with Crippen molar-refractivity contribution in [3.05, 3.63) is 33.0 Å². The Balaban J connectivity index is 2.50. The molecule has 1 aliphatic heterocycles. The zero-order valence-corrected chi connectivity index (χ0v) is 9.49. The molecule has 2 aromatic heterocycles. The summed E-state index contributed by atoms with van der Waals surface area (Å²) in [5, 5.41) is 0.641. The third-order valence-electron chi connectivity index (χ3n) is 2.70. The Morgan fingerprint density at radius 1 is 1.47 bits per heavy atom. The van der Waals surface area contributed by atoms with Gasteiger partial charge in [-0.15, -0.1) is 0 Å². The Kier molecular flexibility index (Phi) is 1.88. The van der Waals surface area contributed by atoms with Crippen molar-refractivity contribution in [1.29, 1.82) is 0 Å². The van der Waals surface area contributed by atoms with E-state index in [1.807, 2.05) is 0 Å². The smallest absolute Gasteiger partial charge is 0.280 e. The number of hydrogen-bond donors (Lipinski definition) is 0. The van der Waals surface area contributed by atoms with E-state index in [9.17, 15) is 4.79 Å². The fourth-order valence-electron chi connectivity index (χ4n) is 2.02. The molecule has 0 atom stereocenters. The van der Waals surface area contributed by atoms with Gasteiger partial charge in [-0.2, -0.15) is 4.98 Å². The third kappa shape index (κ3) is 1.30. The topological polar surface area (TPSA) is 47.8 Å². The van der Waals surface area contributed by atoms with Crippen LogP contribution in [0.1, 0.15) is 12.2 Å². The van der Waals surface area contributed by atoms with Crippen molar-refractivity contribution in [2.45, 2.75) is 19.4 Å². The molecule has 0 N–H and O–H groups in total. The van der Waals surface area contributed by atoms with Gasteiger partial charge in [-0.1, -0.05) is 0 Å². The molecule has 2 aromatic rings. The molecule has 4 nitrogen and oxygen atoms in total. The van der Waals surface area contributed by atoms with Crippen LogP contribution in [0.25, 0.3) is 10.9 Å². The van der Waals surface area contributed by atoms with Crippen LogP contribution in [0.5, 0.6) is 0 Å². The molecular formula is C10H8BrN3O. The monoisotopic (exact) mass is 265 g/mol. The van der Waals surface area contributed by atoms with Gasteiger partial charge in [0.15, 0.2) is 0 Å². The molecular weight excluding hydrogens is 258 g/mol. The van der Waals surface area contributed by atoms with E-state index in [1.165, 1.54) is 0 Å². The molecule has 0 aliphatic carbocycles. The van der Waals surface area contributed by atoms with E-state index in [0.29, 0.717) is 9.99 Å². The summed E-state index contributed by atoms with van der Waals surface area (Å²) in [6.07, 6.45) is 3.68. The molecule has 0 fully saturated rings. The number of pyridine rings is 1. The Bertz CT molecular complexity index is 605. The highest BCUT2D eigenvalue weighted by Gasteiger charge is 2.15. The summed E-state index contributed by atoms with van der Waals surface area (Å²) in [5.74, 6) is 0.886. The predicted octanol–water partition coefficient (Wildman–Crippen LogP) is 1.50. The Labute approximate surface area is 94.1 Å². The van der Waals surface area contributed by atoms with Crippen LogP contribution in [0.4, 0.5) is 0 Å². The van der Waals surface area contributed by atoms with Crippen LogP contribution in [0, 0.1) is 0 Å². The summed E-state index contributed by atoms with van der Waals surface area (Å²) in [7, 11) is 0. The molecule has 0 saturated carbocycles. The minimum atomic E-state index is -0.152. The maximum Gasteiger partial charge on any atom is 0.280 e. The van der Waals surface area contributed by atoms with Gasteiger partial charge in [-0.25, -0.2) is 4.98 Å². The highest BCUT2D eigenvalue weighted by Crippen LogP contribution is 2.19. The van der Waals surface area contributed by atoms with Gasteiger partial charge in [0.25, 0.3) is 5.56 Å². The first-order chi connectivity index (χ1) is 7.25. The van der Waals surface area contributed by atoms with Gasteiger partial charge in [-0.3, -0.25) is 4.79 Å². The summed E-state index contributed by atoms with van der Waals surface area (Å²) < 4.78 is 2.75. The van der Waals surface area contributed by atoms with Crippen molar-refractivity contribution in [2.75, 3.05) is 0 Å². The highest BCUT2D eigenvalue weighted by atomic mass is 79.9. The molecule has 0 aromatic carbocycles. The van der Waals surface area contributed by atoms with E-state index in [0.717, 1.165) is 30.7 Å². The van der Waals surface area contributed by atoms with Crippen LogP contribution < -0.4 is 5.56 Å². The normalized spacial score (nSPS) is 14.5. The largest absolute Gasteiger partial charge is 0.328 e. The molecule has 15 heavy (non-hydrogen) atoms. The van der Waals surface area contributed by atoms with Crippen molar-refractivity contribution in [3.8, 4) is 0 Å². The summed E-state index contributed by atoms with van der Waals surface area (Å²) in [6, 6.07) is 1.73. The van der Waals surface area contributed by atoms with Crippen LogP contribution in [-0.2, 0) is 13.0 Å². The van der Waals surface area contributed by atoms with E-state index in [1.54, 1.807) is 12.3 Å². The number of hydrogen-bond acceptors (Lipinski definition) is 3. The van der Waals surface area contributed by atoms with Gasteiger partial charge in [0, 0.05) is 13.0 Å². The first-order valence-corrected chi connectivity index (χ1v) is 5.60. The second kappa shape index (κ2) is 3.13. The summed E-state index contributed by atoms with van der Waals surface area (Å²) >= 11 is 3.26. The number of halogens is 1. The zero-order chi connectivity index (χ0) is 10.4. The predicted molar refractivity (Wildman–Crippen MR) is 59.8 cm³/mol. The number of aryl methyl sites for hydroxylation is 2. The third-order valence-corrected chi connectivity index (χ3v) is 3.13. The number of rotatable bonds is 0. The Morgan fingerprint density at radius 3 is 3.20 bits per heavy atom. The first kappa shape index (κ1) is 9.03. The molecule has 0 amide bonds. The van der Waals surface area contributed by atoms with Crippen LogP contribution in [0.15, 0.2) is 21.7 Å². The molecule has 76 valence electrons. The van der Waals surface area contributed by atoms with Crippen molar-refractivity contribution >= 4 is 26.8 Å². The summed E-state index contributed by atoms with van der Waals surface area (Å²) in [5.41, 5.74) is 0.743. The number of aromatic nitrogens is 3. The molecule has 1 aliphatic rings. The highest BCUT2D eigenvalue weighted by molar-refractivity contribution is 9.10. The minimum Gasteiger partial charge on any atom is -0.328 e. The fraction of sp³-hybridized carbons (Fsp3) is 0.300. The lowest BCUT2D eigenvalue weighted by Gasteiger charge is -2.06. The molecule has 3 heterocycles. The maximum absolute atomic E-state index is 11.7. The van der Waals surface area contributed by atoms with E-state index in [-0.39, 0.29) is 5.56 Å². The fourth-order valence-corrected chi connectivity index (χ4v) is 2.35. The van der Waals surface area contributed by atoms with Crippen LogP contribution in [0.2, 0.25) is 0 Å². The molecule has 0 bridgehead atoms. The van der Waals surface area contributed by atoms with Crippen molar-refractivity contribution in [3.63, 3.8) is 0 Å². The average molecular weight is 266 g/mol. The molecule has 0 spiro atoms. The quantitative estimate of drug-likeness (QED) is 0.679. The van der Waals surface area contributed by atoms with Crippen molar-refractivity contribution < 1.29 is 0 Å². The molecule has 0 saturated heterocycles. The lowest BCUT2D eigenvalue weighted by atomic mass is 10.3. The summed E-state index contributed by atoms with van der Waals surface area (Å²) in [4.78, 5) is 20.0. The van der Waals surface area contributed by atoms with E-state index >= 15 is 0 Å². The van der Waals surface area contributed by atoms with Gasteiger partial charge in [0.05, 0.1) is 17.1 Å². The lowest BCUT2D eigenvalue weighted by molar-refractivity contribution is 0.761. The van der Waals surface area contributed by atoms with Gasteiger partial charge < -0.3 is 4.57 Å². The van der Waals surface area contributed by atoms with Gasteiger partial charge >= 0.3 is 0 Å². The SMILES string of the molecule is O=c1nc2n(c3cnc(Br)cc13)CCC2. The average Bonchev–Trinajstić information content (AvgIpc) is 2.66.